The standard InChI is InChI=1S/C67H59N3O2.C67H59N3/c68-48-67-65-44-30-51(23-21-49-26-32-57(33-27-49)69(55-13-5-1-6-14-55)59-36-40-63(41-37-59)71-61-17-9-3-10-18-61)45-54(65)47-53-31-25-52(46-66(53)67)24-22-50-28-34-58(35-29-50)70(56-15-7-2-8-16-56)60-38-42-64(43-39-60)72-62-19-11-4-12-20-62;68-48-67-65-44-30-51(23-21-49-26-36-61(37-27-49)69(59-17-9-3-10-18-59)63-40-32-55(33-41-63)53-13-5-1-6-14-53)45-58(65)47-57-31-25-52(46-66(57)67)24-22-50-28-38-62(39-29-50)70(60-19-11-4-12-20-60)64-42-34-56(35-43-64)54-15-7-2-8-16-54/h1-2,5-8,13-16,21-47,61-62H,3-4,9-12,17-20H2;3-4,9-12,17-47,53-54H,1-2,5-8,13-16H2. The van der Waals surface area contributed by atoms with Crippen LogP contribution in [0.4, 0.5) is 68.2 Å². The molecule has 8 nitrogen and oxygen atoms in total. The van der Waals surface area contributed by atoms with E-state index >= 15 is 0 Å². The average Bonchev–Trinajstić information content (AvgIpc) is 0.767. The van der Waals surface area contributed by atoms with Crippen LogP contribution in [0.25, 0.3) is 91.7 Å². The molecule has 0 unspecified atom stereocenters. The topological polar surface area (TPSA) is 79.0 Å². The van der Waals surface area contributed by atoms with Crippen LogP contribution in [0, 0.1) is 22.7 Å². The average molecular weight is 1840 g/mol. The van der Waals surface area contributed by atoms with Gasteiger partial charge in [-0.05, 0) is 372 Å². The molecule has 0 spiro atoms. The highest BCUT2D eigenvalue weighted by Gasteiger charge is 2.25. The summed E-state index contributed by atoms with van der Waals surface area (Å²) in [6, 6.07) is 148. The van der Waals surface area contributed by atoms with Gasteiger partial charge >= 0.3 is 0 Å². The van der Waals surface area contributed by atoms with Crippen molar-refractivity contribution in [2.24, 2.45) is 0 Å². The zero-order valence-corrected chi connectivity index (χ0v) is 80.7. The van der Waals surface area contributed by atoms with E-state index in [-0.39, 0.29) is 0 Å². The summed E-state index contributed by atoms with van der Waals surface area (Å²) < 4.78 is 12.7. The van der Waals surface area contributed by atoms with Crippen LogP contribution in [0.1, 0.15) is 207 Å². The zero-order chi connectivity index (χ0) is 95.5. The highest BCUT2D eigenvalue weighted by molar-refractivity contribution is 6.07. The van der Waals surface area contributed by atoms with Crippen LogP contribution in [0.15, 0.2) is 400 Å². The molecule has 4 fully saturated rings. The first-order valence-electron chi connectivity index (χ1n) is 51.3. The maximum atomic E-state index is 10.5. The molecule has 0 atom stereocenters. The Labute approximate surface area is 837 Å². The van der Waals surface area contributed by atoms with E-state index in [1.165, 1.54) is 120 Å². The molecule has 18 aromatic carbocycles. The Hall–Kier alpha value is -16.3. The molecule has 0 aliphatic heterocycles. The Morgan fingerprint density at radius 3 is 0.697 bits per heavy atom. The summed E-state index contributed by atoms with van der Waals surface area (Å²) in [4.78, 5) is 9.24. The van der Waals surface area contributed by atoms with Crippen molar-refractivity contribution in [3.8, 4) is 23.6 Å². The largest absolute Gasteiger partial charge is 0.490 e. The van der Waals surface area contributed by atoms with Gasteiger partial charge in [-0.3, -0.25) is 0 Å². The molecule has 0 bridgehead atoms. The number of nitriles is 2. The minimum Gasteiger partial charge on any atom is -0.490 e. The Morgan fingerprint density at radius 2 is 0.423 bits per heavy atom. The molecule has 4 saturated carbocycles. The van der Waals surface area contributed by atoms with Crippen molar-refractivity contribution >= 4 is 160 Å². The first-order valence-corrected chi connectivity index (χ1v) is 51.3. The van der Waals surface area contributed by atoms with Crippen molar-refractivity contribution in [1.82, 2.24) is 0 Å². The smallest absolute Gasteiger partial charge is 0.119 e. The second-order valence-corrected chi connectivity index (χ2v) is 38.6. The molecule has 4 aliphatic rings. The number of ether oxygens (including phenoxy) is 2. The van der Waals surface area contributed by atoms with Crippen LogP contribution >= 0.6 is 0 Å². The van der Waals surface area contributed by atoms with E-state index in [0.29, 0.717) is 35.2 Å². The van der Waals surface area contributed by atoms with E-state index in [2.05, 4.69) is 481 Å². The highest BCUT2D eigenvalue weighted by atomic mass is 16.5. The van der Waals surface area contributed by atoms with Crippen LogP contribution in [0.5, 0.6) is 11.5 Å². The molecule has 0 amide bonds. The molecular weight excluding hydrogens is 1730 g/mol. The molecule has 0 radical (unpaired) electrons. The summed E-state index contributed by atoms with van der Waals surface area (Å²) >= 11 is 0. The molecule has 0 heterocycles. The van der Waals surface area contributed by atoms with Gasteiger partial charge in [0.1, 0.15) is 23.6 Å². The lowest BCUT2D eigenvalue weighted by Gasteiger charge is -2.27. The number of rotatable bonds is 26. The van der Waals surface area contributed by atoms with Crippen molar-refractivity contribution in [3.63, 3.8) is 0 Å². The van der Waals surface area contributed by atoms with Crippen LogP contribution in [0.3, 0.4) is 0 Å². The molecule has 0 N–H and O–H groups in total. The summed E-state index contributed by atoms with van der Waals surface area (Å²) in [5.41, 5.74) is 26.4. The molecule has 0 aromatic heterocycles. The second kappa shape index (κ2) is 44.3. The monoisotopic (exact) mass is 1840 g/mol. The van der Waals surface area contributed by atoms with Gasteiger partial charge in [0, 0.05) is 89.8 Å². The maximum absolute atomic E-state index is 10.5. The number of anilines is 12. The predicted molar refractivity (Wildman–Crippen MR) is 599 cm³/mol. The van der Waals surface area contributed by atoms with Crippen molar-refractivity contribution in [3.05, 3.63) is 467 Å². The maximum Gasteiger partial charge on any atom is 0.119 e. The Morgan fingerprint density at radius 1 is 0.197 bits per heavy atom. The summed E-state index contributed by atoms with van der Waals surface area (Å²) in [6.07, 6.45) is 43.3. The van der Waals surface area contributed by atoms with Gasteiger partial charge in [-0.2, -0.15) is 10.5 Å². The lowest BCUT2D eigenvalue weighted by molar-refractivity contribution is 0.155. The van der Waals surface area contributed by atoms with Gasteiger partial charge < -0.3 is 29.1 Å². The fraction of sp³-hybridized carbons (Fsp3) is 0.179. The van der Waals surface area contributed by atoms with Crippen LogP contribution in [-0.4, -0.2) is 12.2 Å². The number of fused-ring (bicyclic) bond motifs is 4. The van der Waals surface area contributed by atoms with Crippen LogP contribution in [-0.2, 0) is 0 Å². The molecule has 696 valence electrons. The molecule has 18 aromatic rings. The van der Waals surface area contributed by atoms with Gasteiger partial charge in [-0.15, -0.1) is 0 Å². The summed E-state index contributed by atoms with van der Waals surface area (Å²) in [5.74, 6) is 3.24. The SMILES string of the molecule is N#Cc1c2ccc(C=Cc3ccc(N(c4ccccc4)c4ccc(C5CCCCC5)cc4)cc3)cc2cc2ccc(C=Cc3ccc(N(c4ccccc4)c4ccc(C5CCCCC5)cc4)cc3)cc12.N#Cc1c2ccc(C=Cc3ccc(N(c4ccccc4)c4ccc(OC5CCCCC5)cc4)cc3)cc2cc2ccc(C=Cc3ccc(N(c4ccccc4)c4ccc(OC5CCCCC5)cc4)cc3)cc12. The van der Waals surface area contributed by atoms with Crippen molar-refractivity contribution in [2.75, 3.05) is 19.6 Å². The van der Waals surface area contributed by atoms with Gasteiger partial charge in [0.05, 0.1) is 23.3 Å². The molecule has 4 aliphatic carbocycles. The van der Waals surface area contributed by atoms with Gasteiger partial charge in [-0.25, -0.2) is 0 Å². The van der Waals surface area contributed by atoms with Crippen LogP contribution < -0.4 is 29.1 Å². The normalized spacial score (nSPS) is 14.5. The third-order valence-corrected chi connectivity index (χ3v) is 29.1. The van der Waals surface area contributed by atoms with E-state index in [1.807, 2.05) is 0 Å². The van der Waals surface area contributed by atoms with Crippen molar-refractivity contribution < 1.29 is 9.47 Å². The van der Waals surface area contributed by atoms with Crippen LogP contribution in [0.2, 0.25) is 0 Å². The van der Waals surface area contributed by atoms with E-state index in [1.54, 1.807) is 0 Å². The zero-order valence-electron chi connectivity index (χ0n) is 80.7. The van der Waals surface area contributed by atoms with Gasteiger partial charge in [0.25, 0.3) is 0 Å². The summed E-state index contributed by atoms with van der Waals surface area (Å²) in [6.45, 7) is 0. The lowest BCUT2D eigenvalue weighted by Crippen LogP contribution is -2.19. The van der Waals surface area contributed by atoms with Gasteiger partial charge in [-0.1, -0.05) is 294 Å². The predicted octanol–water partition coefficient (Wildman–Crippen LogP) is 37.8. The fourth-order valence-electron chi connectivity index (χ4n) is 21.5. The quantitative estimate of drug-likeness (QED) is 0.0392. The number of benzene rings is 18. The molecule has 22 rings (SSSR count). The third kappa shape index (κ3) is 21.9. The van der Waals surface area contributed by atoms with Crippen molar-refractivity contribution in [1.29, 1.82) is 10.5 Å². The number of nitrogens with zero attached hydrogens (tertiary/aromatic N) is 6. The fourth-order valence-corrected chi connectivity index (χ4v) is 21.5. The summed E-state index contributed by atoms with van der Waals surface area (Å²) in [5, 5.41) is 29.1. The van der Waals surface area contributed by atoms with E-state index < -0.39 is 0 Å². The van der Waals surface area contributed by atoms with Gasteiger partial charge in [0.15, 0.2) is 0 Å². The second-order valence-electron chi connectivity index (χ2n) is 38.6. The lowest BCUT2D eigenvalue weighted by atomic mass is 9.84. The number of hydrogen-bond donors (Lipinski definition) is 0. The minimum absolute atomic E-state index is 0.318. The number of para-hydroxylation sites is 4. The van der Waals surface area contributed by atoms with E-state index in [9.17, 15) is 10.5 Å². The van der Waals surface area contributed by atoms with Gasteiger partial charge in [0.2, 0.25) is 0 Å². The Balaban J connectivity index is 0.000000168. The summed E-state index contributed by atoms with van der Waals surface area (Å²) in [7, 11) is 0. The Bertz CT molecular complexity index is 7560. The van der Waals surface area contributed by atoms with E-state index in [0.717, 1.165) is 187 Å². The van der Waals surface area contributed by atoms with E-state index in [4.69, 9.17) is 9.47 Å². The molecule has 0 saturated heterocycles. The molecule has 142 heavy (non-hydrogen) atoms. The number of hydrogen-bond acceptors (Lipinski definition) is 8. The van der Waals surface area contributed by atoms with Crippen molar-refractivity contribution in [2.45, 2.75) is 152 Å². The first kappa shape index (κ1) is 92.1. The molecule has 8 heteroatoms. The highest BCUT2D eigenvalue weighted by Crippen LogP contribution is 2.45. The third-order valence-electron chi connectivity index (χ3n) is 29.1. The molecular formula is C134H118N6O2. The minimum atomic E-state index is 0.318. The first-order chi connectivity index (χ1) is 70.2. The Kier molecular flexibility index (Phi) is 28.7.